The number of rotatable bonds is 4. The van der Waals surface area contributed by atoms with E-state index in [9.17, 15) is 9.90 Å². The molecule has 3 fully saturated rings. The van der Waals surface area contributed by atoms with Gasteiger partial charge in [0, 0.05) is 37.9 Å². The van der Waals surface area contributed by atoms with E-state index in [1.165, 1.54) is 0 Å². The quantitative estimate of drug-likeness (QED) is 0.825. The van der Waals surface area contributed by atoms with Crippen LogP contribution >= 0.6 is 0 Å². The Morgan fingerprint density at radius 3 is 2.43 bits per heavy atom. The standard InChI is InChI=1S/C22H33N3O3/c1-22(2,23-18-6-4-3-5-7-18)21(27)25-14-16-12-19(20(26)13-17(16)15-25)24-8-10-28-11-9-24/h3-7,16-17,19-20,23,26H,8-15H2,1-2H3/t16-,17+,19-,20-/m1/s1. The van der Waals surface area contributed by atoms with Crippen molar-refractivity contribution in [2.45, 2.75) is 44.4 Å². The van der Waals surface area contributed by atoms with E-state index in [1.54, 1.807) is 0 Å². The van der Waals surface area contributed by atoms with Gasteiger partial charge in [0.1, 0.15) is 5.54 Å². The predicted octanol–water partition coefficient (Wildman–Crippen LogP) is 1.81. The molecule has 6 nitrogen and oxygen atoms in total. The summed E-state index contributed by atoms with van der Waals surface area (Å²) in [6.07, 6.45) is 1.47. The summed E-state index contributed by atoms with van der Waals surface area (Å²) in [7, 11) is 0. The van der Waals surface area contributed by atoms with E-state index in [4.69, 9.17) is 4.74 Å². The normalized spacial score (nSPS) is 31.5. The summed E-state index contributed by atoms with van der Waals surface area (Å²) in [6, 6.07) is 10.1. The number of amides is 1. The number of nitrogens with one attached hydrogen (secondary N) is 1. The van der Waals surface area contributed by atoms with Crippen LogP contribution in [0.25, 0.3) is 0 Å². The maximum absolute atomic E-state index is 13.3. The topological polar surface area (TPSA) is 65.0 Å². The van der Waals surface area contributed by atoms with E-state index in [-0.39, 0.29) is 18.1 Å². The van der Waals surface area contributed by atoms with E-state index in [0.29, 0.717) is 11.8 Å². The van der Waals surface area contributed by atoms with E-state index in [0.717, 1.165) is 57.9 Å². The molecular weight excluding hydrogens is 354 g/mol. The lowest BCUT2D eigenvalue weighted by atomic mass is 9.77. The molecule has 4 atom stereocenters. The van der Waals surface area contributed by atoms with E-state index >= 15 is 0 Å². The molecule has 3 aliphatic rings. The van der Waals surface area contributed by atoms with Crippen LogP contribution in [0.3, 0.4) is 0 Å². The number of benzene rings is 1. The second-order valence-electron chi connectivity index (χ2n) is 9.10. The summed E-state index contributed by atoms with van der Waals surface area (Å²) in [5.74, 6) is 1.03. The number of morpholine rings is 1. The summed E-state index contributed by atoms with van der Waals surface area (Å²) in [4.78, 5) is 17.7. The first-order chi connectivity index (χ1) is 13.4. The molecule has 2 saturated heterocycles. The number of anilines is 1. The van der Waals surface area contributed by atoms with E-state index < -0.39 is 5.54 Å². The van der Waals surface area contributed by atoms with Crippen molar-refractivity contribution in [1.82, 2.24) is 9.80 Å². The SMILES string of the molecule is CC(C)(Nc1ccccc1)C(=O)N1C[C@H]2C[C@@H](N3CCOCC3)[C@H](O)C[C@H]2C1. The van der Waals surface area contributed by atoms with Gasteiger partial charge in [-0.2, -0.15) is 0 Å². The number of aliphatic hydroxyl groups excluding tert-OH is 1. The van der Waals surface area contributed by atoms with Crippen LogP contribution in [0.4, 0.5) is 5.69 Å². The highest BCUT2D eigenvalue weighted by Gasteiger charge is 2.46. The largest absolute Gasteiger partial charge is 0.391 e. The van der Waals surface area contributed by atoms with Crippen molar-refractivity contribution in [1.29, 1.82) is 0 Å². The van der Waals surface area contributed by atoms with Crippen molar-refractivity contribution < 1.29 is 14.6 Å². The number of carbonyl (C=O) groups excluding carboxylic acids is 1. The number of hydrogen-bond acceptors (Lipinski definition) is 5. The van der Waals surface area contributed by atoms with Gasteiger partial charge in [0.2, 0.25) is 5.91 Å². The van der Waals surface area contributed by atoms with Gasteiger partial charge < -0.3 is 20.1 Å². The van der Waals surface area contributed by atoms with Crippen molar-refractivity contribution in [3.8, 4) is 0 Å². The van der Waals surface area contributed by atoms with Crippen LogP contribution in [0.1, 0.15) is 26.7 Å². The zero-order valence-corrected chi connectivity index (χ0v) is 17.0. The van der Waals surface area contributed by atoms with E-state index in [1.807, 2.05) is 49.1 Å². The molecular formula is C22H33N3O3. The van der Waals surface area contributed by atoms with Crippen molar-refractivity contribution in [2.75, 3.05) is 44.7 Å². The average molecular weight is 388 g/mol. The Bertz CT molecular complexity index is 675. The highest BCUT2D eigenvalue weighted by Crippen LogP contribution is 2.39. The molecule has 1 aromatic rings. The van der Waals surface area contributed by atoms with Crippen LogP contribution in [0, 0.1) is 11.8 Å². The van der Waals surface area contributed by atoms with E-state index in [2.05, 4.69) is 10.2 Å². The van der Waals surface area contributed by atoms with Gasteiger partial charge in [-0.1, -0.05) is 18.2 Å². The molecule has 0 radical (unpaired) electrons. The average Bonchev–Trinajstić information content (AvgIpc) is 3.10. The van der Waals surface area contributed by atoms with Gasteiger partial charge in [-0.15, -0.1) is 0 Å². The van der Waals surface area contributed by atoms with Gasteiger partial charge in [0.15, 0.2) is 0 Å². The summed E-state index contributed by atoms with van der Waals surface area (Å²) in [6.45, 7) is 8.77. The fourth-order valence-corrected chi connectivity index (χ4v) is 5.21. The number of aliphatic hydroxyl groups is 1. The number of fused-ring (bicyclic) bond motifs is 1. The molecule has 0 spiro atoms. The molecule has 1 saturated carbocycles. The lowest BCUT2D eigenvalue weighted by Gasteiger charge is -2.43. The third-order valence-electron chi connectivity index (χ3n) is 6.68. The van der Waals surface area contributed by atoms with Gasteiger partial charge in [-0.3, -0.25) is 9.69 Å². The maximum atomic E-state index is 13.3. The maximum Gasteiger partial charge on any atom is 0.247 e. The number of nitrogens with zero attached hydrogens (tertiary/aromatic N) is 2. The van der Waals surface area contributed by atoms with Gasteiger partial charge in [-0.05, 0) is 50.7 Å². The van der Waals surface area contributed by atoms with Crippen molar-refractivity contribution in [3.63, 3.8) is 0 Å². The Morgan fingerprint density at radius 1 is 1.11 bits per heavy atom. The van der Waals surface area contributed by atoms with Crippen LogP contribution in [0.15, 0.2) is 30.3 Å². The Labute approximate surface area is 167 Å². The fourth-order valence-electron chi connectivity index (χ4n) is 5.21. The summed E-state index contributed by atoms with van der Waals surface area (Å²) >= 11 is 0. The van der Waals surface area contributed by atoms with Gasteiger partial charge in [0.25, 0.3) is 0 Å². The molecule has 0 aromatic heterocycles. The first-order valence-corrected chi connectivity index (χ1v) is 10.6. The Kier molecular flexibility index (Phi) is 5.63. The van der Waals surface area contributed by atoms with Crippen molar-refractivity contribution in [2.24, 2.45) is 11.8 Å². The van der Waals surface area contributed by atoms with Crippen LogP contribution < -0.4 is 5.32 Å². The number of hydrogen-bond donors (Lipinski definition) is 2. The minimum absolute atomic E-state index is 0.142. The minimum atomic E-state index is -0.656. The molecule has 2 N–H and O–H groups in total. The van der Waals surface area contributed by atoms with Crippen molar-refractivity contribution >= 4 is 11.6 Å². The number of likely N-dealkylation sites (tertiary alicyclic amines) is 1. The molecule has 6 heteroatoms. The first kappa shape index (κ1) is 19.7. The third kappa shape index (κ3) is 4.04. The van der Waals surface area contributed by atoms with Crippen LogP contribution in [-0.2, 0) is 9.53 Å². The molecule has 1 aliphatic carbocycles. The lowest BCUT2D eigenvalue weighted by molar-refractivity contribution is -0.134. The first-order valence-electron chi connectivity index (χ1n) is 10.6. The smallest absolute Gasteiger partial charge is 0.247 e. The zero-order chi connectivity index (χ0) is 19.7. The molecule has 4 rings (SSSR count). The minimum Gasteiger partial charge on any atom is -0.391 e. The molecule has 1 amide bonds. The fraction of sp³-hybridized carbons (Fsp3) is 0.682. The Morgan fingerprint density at radius 2 is 1.75 bits per heavy atom. The molecule has 154 valence electrons. The highest BCUT2D eigenvalue weighted by molar-refractivity contribution is 5.88. The predicted molar refractivity (Wildman–Crippen MR) is 109 cm³/mol. The van der Waals surface area contributed by atoms with Gasteiger partial charge in [0.05, 0.1) is 19.3 Å². The Hall–Kier alpha value is -1.63. The molecule has 2 aliphatic heterocycles. The van der Waals surface area contributed by atoms with Crippen LogP contribution in [0.2, 0.25) is 0 Å². The third-order valence-corrected chi connectivity index (χ3v) is 6.68. The molecule has 1 aromatic carbocycles. The van der Waals surface area contributed by atoms with Crippen LogP contribution in [0.5, 0.6) is 0 Å². The second kappa shape index (κ2) is 8.01. The number of para-hydroxylation sites is 1. The molecule has 0 bridgehead atoms. The van der Waals surface area contributed by atoms with Crippen molar-refractivity contribution in [3.05, 3.63) is 30.3 Å². The summed E-state index contributed by atoms with van der Waals surface area (Å²) < 4.78 is 5.46. The molecule has 0 unspecified atom stereocenters. The summed E-state index contributed by atoms with van der Waals surface area (Å²) in [5, 5.41) is 14.1. The van der Waals surface area contributed by atoms with Gasteiger partial charge in [-0.25, -0.2) is 0 Å². The van der Waals surface area contributed by atoms with Gasteiger partial charge >= 0.3 is 0 Å². The number of ether oxygens (including phenoxy) is 1. The number of carbonyl (C=O) groups is 1. The molecule has 28 heavy (non-hydrogen) atoms. The lowest BCUT2D eigenvalue weighted by Crippen LogP contribution is -2.53. The zero-order valence-electron chi connectivity index (χ0n) is 17.0. The molecule has 2 heterocycles. The summed E-state index contributed by atoms with van der Waals surface area (Å²) in [5.41, 5.74) is 0.303. The highest BCUT2D eigenvalue weighted by atomic mass is 16.5. The van der Waals surface area contributed by atoms with Crippen LogP contribution in [-0.4, -0.2) is 77.9 Å². The monoisotopic (exact) mass is 387 g/mol. The Balaban J connectivity index is 1.39. The second-order valence-corrected chi connectivity index (χ2v) is 9.10.